The van der Waals surface area contributed by atoms with E-state index < -0.39 is 17.6 Å². The Morgan fingerprint density at radius 3 is 2.40 bits per heavy atom. The second kappa shape index (κ2) is 5.02. The van der Waals surface area contributed by atoms with Gasteiger partial charge in [0.15, 0.2) is 0 Å². The lowest BCUT2D eigenvalue weighted by Crippen LogP contribution is -1.90. The SMILES string of the molecule is O=C(O)CC=Cc1cc(F)c(Br)c(F)c1. The molecule has 0 saturated heterocycles. The lowest BCUT2D eigenvalue weighted by molar-refractivity contribution is -0.135. The van der Waals surface area contributed by atoms with Crippen LogP contribution in [0.1, 0.15) is 12.0 Å². The summed E-state index contributed by atoms with van der Waals surface area (Å²) in [7, 11) is 0. The smallest absolute Gasteiger partial charge is 0.307 e. The van der Waals surface area contributed by atoms with Gasteiger partial charge in [-0.2, -0.15) is 0 Å². The maximum atomic E-state index is 13.0. The van der Waals surface area contributed by atoms with E-state index in [9.17, 15) is 13.6 Å². The van der Waals surface area contributed by atoms with Crippen LogP contribution in [0.4, 0.5) is 8.78 Å². The minimum absolute atomic E-state index is 0.181. The molecule has 1 N–H and O–H groups in total. The van der Waals surface area contributed by atoms with Gasteiger partial charge in [0.25, 0.3) is 0 Å². The third kappa shape index (κ3) is 3.43. The predicted molar refractivity (Wildman–Crippen MR) is 55.3 cm³/mol. The molecule has 0 radical (unpaired) electrons. The zero-order valence-corrected chi connectivity index (χ0v) is 9.09. The van der Waals surface area contributed by atoms with E-state index in [-0.39, 0.29) is 16.5 Å². The van der Waals surface area contributed by atoms with Gasteiger partial charge in [0, 0.05) is 0 Å². The number of carboxylic acid groups (broad SMARTS) is 1. The number of hydrogen-bond donors (Lipinski definition) is 1. The Bertz CT molecular complexity index is 393. The van der Waals surface area contributed by atoms with Crippen molar-refractivity contribution >= 4 is 28.0 Å². The van der Waals surface area contributed by atoms with Crippen molar-refractivity contribution in [1.29, 1.82) is 0 Å². The predicted octanol–water partition coefficient (Wildman–Crippen LogP) is 3.22. The van der Waals surface area contributed by atoms with Crippen molar-refractivity contribution in [2.75, 3.05) is 0 Å². The number of halogens is 3. The van der Waals surface area contributed by atoms with Crippen LogP contribution in [-0.2, 0) is 4.79 Å². The summed E-state index contributed by atoms with van der Waals surface area (Å²) in [5.41, 5.74) is 0.287. The van der Waals surface area contributed by atoms with E-state index in [1.165, 1.54) is 12.2 Å². The van der Waals surface area contributed by atoms with E-state index in [4.69, 9.17) is 5.11 Å². The first kappa shape index (κ1) is 11.8. The monoisotopic (exact) mass is 276 g/mol. The lowest BCUT2D eigenvalue weighted by atomic mass is 10.2. The van der Waals surface area contributed by atoms with Crippen LogP contribution in [0.5, 0.6) is 0 Å². The fraction of sp³-hybridized carbons (Fsp3) is 0.100. The van der Waals surface area contributed by atoms with Gasteiger partial charge < -0.3 is 5.11 Å². The van der Waals surface area contributed by atoms with Gasteiger partial charge in [0.2, 0.25) is 0 Å². The minimum Gasteiger partial charge on any atom is -0.481 e. The number of hydrogen-bond acceptors (Lipinski definition) is 1. The number of aliphatic carboxylic acids is 1. The Kier molecular flexibility index (Phi) is 3.96. The summed E-state index contributed by atoms with van der Waals surface area (Å²) in [5.74, 6) is -2.43. The molecular formula is C10H7BrF2O2. The zero-order valence-electron chi connectivity index (χ0n) is 7.51. The van der Waals surface area contributed by atoms with Crippen molar-refractivity contribution in [1.82, 2.24) is 0 Å². The van der Waals surface area contributed by atoms with Crippen molar-refractivity contribution in [3.63, 3.8) is 0 Å². The highest BCUT2D eigenvalue weighted by Crippen LogP contribution is 2.21. The highest BCUT2D eigenvalue weighted by molar-refractivity contribution is 9.10. The zero-order chi connectivity index (χ0) is 11.4. The van der Waals surface area contributed by atoms with E-state index in [1.54, 1.807) is 0 Å². The molecule has 0 unspecified atom stereocenters. The molecule has 0 atom stereocenters. The summed E-state index contributed by atoms with van der Waals surface area (Å²) in [6.45, 7) is 0. The van der Waals surface area contributed by atoms with Crippen LogP contribution in [0.25, 0.3) is 6.08 Å². The molecule has 0 aliphatic rings. The Balaban J connectivity index is 2.87. The molecule has 0 fully saturated rings. The fourth-order valence-electron chi connectivity index (χ4n) is 0.967. The van der Waals surface area contributed by atoms with Crippen molar-refractivity contribution in [3.8, 4) is 0 Å². The fourth-order valence-corrected chi connectivity index (χ4v) is 1.20. The van der Waals surface area contributed by atoms with Crippen LogP contribution < -0.4 is 0 Å². The Hall–Kier alpha value is -1.23. The first-order valence-corrected chi connectivity index (χ1v) is 4.83. The maximum Gasteiger partial charge on any atom is 0.307 e. The molecule has 2 nitrogen and oxygen atoms in total. The van der Waals surface area contributed by atoms with Crippen LogP contribution >= 0.6 is 15.9 Å². The first-order valence-electron chi connectivity index (χ1n) is 4.03. The third-order valence-corrected chi connectivity index (χ3v) is 2.37. The molecule has 5 heteroatoms. The van der Waals surface area contributed by atoms with E-state index in [1.807, 2.05) is 0 Å². The molecule has 1 rings (SSSR count). The highest BCUT2D eigenvalue weighted by atomic mass is 79.9. The van der Waals surface area contributed by atoms with Crippen molar-refractivity contribution in [2.24, 2.45) is 0 Å². The molecule has 1 aromatic carbocycles. The Morgan fingerprint density at radius 2 is 1.93 bits per heavy atom. The van der Waals surface area contributed by atoms with Crippen LogP contribution in [-0.4, -0.2) is 11.1 Å². The molecule has 1 aromatic rings. The second-order valence-electron chi connectivity index (χ2n) is 2.80. The lowest BCUT2D eigenvalue weighted by Gasteiger charge is -1.98. The average Bonchev–Trinajstić information content (AvgIpc) is 2.13. The van der Waals surface area contributed by atoms with Crippen molar-refractivity contribution in [2.45, 2.75) is 6.42 Å². The minimum atomic E-state index is -0.996. The summed E-state index contributed by atoms with van der Waals surface area (Å²) in [5, 5.41) is 8.34. The van der Waals surface area contributed by atoms with Gasteiger partial charge in [-0.25, -0.2) is 8.78 Å². The highest BCUT2D eigenvalue weighted by Gasteiger charge is 2.06. The molecule has 80 valence electrons. The third-order valence-electron chi connectivity index (χ3n) is 1.61. The summed E-state index contributed by atoms with van der Waals surface area (Å²) >= 11 is 2.74. The van der Waals surface area contributed by atoms with Crippen LogP contribution in [0.3, 0.4) is 0 Å². The molecule has 15 heavy (non-hydrogen) atoms. The standard InChI is InChI=1S/C10H7BrF2O2/c11-10-7(12)4-6(5-8(10)13)2-1-3-9(14)15/h1-2,4-5H,3H2,(H,14,15). The van der Waals surface area contributed by atoms with Gasteiger partial charge in [-0.15, -0.1) is 0 Å². The summed E-state index contributed by atoms with van der Waals surface area (Å²) in [6.07, 6.45) is 2.50. The molecule has 0 aliphatic heterocycles. The van der Waals surface area contributed by atoms with Crippen molar-refractivity contribution < 1.29 is 18.7 Å². The normalized spacial score (nSPS) is 10.9. The molecule has 0 spiro atoms. The van der Waals surface area contributed by atoms with Gasteiger partial charge >= 0.3 is 5.97 Å². The van der Waals surface area contributed by atoms with Gasteiger partial charge in [0.05, 0.1) is 10.9 Å². The average molecular weight is 277 g/mol. The van der Waals surface area contributed by atoms with Gasteiger partial charge in [-0.3, -0.25) is 4.79 Å². The largest absolute Gasteiger partial charge is 0.481 e. The number of carbonyl (C=O) groups is 1. The number of rotatable bonds is 3. The van der Waals surface area contributed by atoms with Crippen LogP contribution in [0.2, 0.25) is 0 Å². The molecule has 0 aliphatic carbocycles. The molecule has 0 amide bonds. The summed E-state index contributed by atoms with van der Waals surface area (Å²) in [4.78, 5) is 10.2. The Morgan fingerprint density at radius 1 is 1.40 bits per heavy atom. The topological polar surface area (TPSA) is 37.3 Å². The number of carboxylic acids is 1. The van der Waals surface area contributed by atoms with Gasteiger partial charge in [-0.05, 0) is 33.6 Å². The first-order chi connectivity index (χ1) is 7.00. The van der Waals surface area contributed by atoms with Crippen LogP contribution in [0, 0.1) is 11.6 Å². The van der Waals surface area contributed by atoms with Gasteiger partial charge in [0.1, 0.15) is 11.6 Å². The van der Waals surface area contributed by atoms with E-state index >= 15 is 0 Å². The molecular weight excluding hydrogens is 270 g/mol. The van der Waals surface area contributed by atoms with Gasteiger partial charge in [-0.1, -0.05) is 12.2 Å². The molecule has 0 aromatic heterocycles. The molecule has 0 heterocycles. The second-order valence-corrected chi connectivity index (χ2v) is 3.59. The summed E-state index contributed by atoms with van der Waals surface area (Å²) in [6, 6.07) is 2.23. The van der Waals surface area contributed by atoms with Crippen molar-refractivity contribution in [3.05, 3.63) is 39.9 Å². The molecule has 0 saturated carbocycles. The van der Waals surface area contributed by atoms with E-state index in [0.717, 1.165) is 12.1 Å². The quantitative estimate of drug-likeness (QED) is 0.861. The number of benzene rings is 1. The van der Waals surface area contributed by atoms with Crippen LogP contribution in [0.15, 0.2) is 22.7 Å². The van der Waals surface area contributed by atoms with E-state index in [0.29, 0.717) is 0 Å². The summed E-state index contributed by atoms with van der Waals surface area (Å²) < 4.78 is 25.8. The Labute approximate surface area is 93.4 Å². The molecule has 0 bridgehead atoms. The maximum absolute atomic E-state index is 13.0. The van der Waals surface area contributed by atoms with E-state index in [2.05, 4.69) is 15.9 Å².